The van der Waals surface area contributed by atoms with Gasteiger partial charge in [-0.15, -0.1) is 0 Å². The molecular formula is C18H23N5O3. The average molecular weight is 357 g/mol. The van der Waals surface area contributed by atoms with Crippen molar-refractivity contribution in [3.8, 4) is 0 Å². The van der Waals surface area contributed by atoms with E-state index < -0.39 is 0 Å². The summed E-state index contributed by atoms with van der Waals surface area (Å²) in [6.45, 7) is 6.08. The summed E-state index contributed by atoms with van der Waals surface area (Å²) in [6.07, 6.45) is 4.02. The number of carbonyl (C=O) groups excluding carboxylic acids is 2. The summed E-state index contributed by atoms with van der Waals surface area (Å²) < 4.78 is 7.14. The Bertz CT molecular complexity index is 820. The van der Waals surface area contributed by atoms with Crippen LogP contribution in [0.1, 0.15) is 46.8 Å². The molecule has 2 aliphatic heterocycles. The van der Waals surface area contributed by atoms with E-state index in [1.807, 2.05) is 20.5 Å². The molecule has 26 heavy (non-hydrogen) atoms. The zero-order valence-corrected chi connectivity index (χ0v) is 15.1. The smallest absolute Gasteiger partial charge is 0.260 e. The first-order valence-corrected chi connectivity index (χ1v) is 9.07. The van der Waals surface area contributed by atoms with Gasteiger partial charge >= 0.3 is 0 Å². The molecule has 0 aliphatic carbocycles. The van der Waals surface area contributed by atoms with E-state index >= 15 is 0 Å². The maximum Gasteiger partial charge on any atom is 0.260 e. The van der Waals surface area contributed by atoms with Crippen molar-refractivity contribution in [2.24, 2.45) is 0 Å². The summed E-state index contributed by atoms with van der Waals surface area (Å²) in [5, 5.41) is 8.28. The molecule has 0 saturated carbocycles. The Kier molecular flexibility index (Phi) is 4.26. The second-order valence-electron chi connectivity index (χ2n) is 7.06. The average Bonchev–Trinajstić information content (AvgIpc) is 3.28. The van der Waals surface area contributed by atoms with Gasteiger partial charge in [-0.25, -0.2) is 0 Å². The fraction of sp³-hybridized carbons (Fsp3) is 0.556. The van der Waals surface area contributed by atoms with E-state index in [0.717, 1.165) is 31.6 Å². The quantitative estimate of drug-likeness (QED) is 0.832. The summed E-state index contributed by atoms with van der Waals surface area (Å²) in [7, 11) is 0. The Morgan fingerprint density at radius 1 is 1.35 bits per heavy atom. The monoisotopic (exact) mass is 357 g/mol. The predicted octanol–water partition coefficient (Wildman–Crippen LogP) is 1.53. The lowest BCUT2D eigenvalue weighted by Crippen LogP contribution is -2.46. The lowest BCUT2D eigenvalue weighted by Gasteiger charge is -2.32. The fourth-order valence-corrected chi connectivity index (χ4v) is 3.94. The van der Waals surface area contributed by atoms with Crippen LogP contribution in [0.2, 0.25) is 0 Å². The van der Waals surface area contributed by atoms with Crippen LogP contribution < -0.4 is 0 Å². The molecule has 0 radical (unpaired) electrons. The molecule has 138 valence electrons. The highest BCUT2D eigenvalue weighted by Crippen LogP contribution is 2.24. The maximum atomic E-state index is 13.3. The van der Waals surface area contributed by atoms with E-state index in [0.29, 0.717) is 36.5 Å². The van der Waals surface area contributed by atoms with Gasteiger partial charge in [0, 0.05) is 32.3 Å². The first kappa shape index (κ1) is 16.8. The number of amides is 2. The normalized spacial score (nSPS) is 20.4. The Morgan fingerprint density at radius 3 is 2.88 bits per heavy atom. The van der Waals surface area contributed by atoms with Crippen LogP contribution >= 0.6 is 0 Å². The van der Waals surface area contributed by atoms with Crippen molar-refractivity contribution in [3.05, 3.63) is 35.0 Å². The zero-order chi connectivity index (χ0) is 18.3. The number of carbonyl (C=O) groups is 2. The van der Waals surface area contributed by atoms with E-state index in [2.05, 4.69) is 10.3 Å². The van der Waals surface area contributed by atoms with Crippen molar-refractivity contribution in [2.45, 2.75) is 52.2 Å². The zero-order valence-electron chi connectivity index (χ0n) is 15.1. The molecule has 0 spiro atoms. The van der Waals surface area contributed by atoms with Crippen LogP contribution in [0.25, 0.3) is 0 Å². The summed E-state index contributed by atoms with van der Waals surface area (Å²) in [6, 6.07) is 1.89. The molecule has 1 atom stereocenters. The molecule has 2 amide bonds. The van der Waals surface area contributed by atoms with E-state index in [9.17, 15) is 9.59 Å². The van der Waals surface area contributed by atoms with Crippen LogP contribution in [0.4, 0.5) is 0 Å². The van der Waals surface area contributed by atoms with Gasteiger partial charge < -0.3 is 14.3 Å². The molecule has 0 bridgehead atoms. The molecule has 8 heteroatoms. The molecule has 1 unspecified atom stereocenters. The molecule has 4 heterocycles. The van der Waals surface area contributed by atoms with Gasteiger partial charge in [-0.3, -0.25) is 14.3 Å². The highest BCUT2D eigenvalue weighted by molar-refractivity contribution is 5.96. The Labute approximate surface area is 151 Å². The molecule has 2 aromatic rings. The van der Waals surface area contributed by atoms with Crippen LogP contribution in [0.3, 0.4) is 0 Å². The first-order valence-electron chi connectivity index (χ1n) is 9.07. The van der Waals surface area contributed by atoms with Crippen LogP contribution in [-0.4, -0.2) is 55.7 Å². The molecule has 0 aromatic carbocycles. The number of fused-ring (bicyclic) bond motifs is 1. The van der Waals surface area contributed by atoms with E-state index in [1.54, 1.807) is 20.0 Å². The summed E-state index contributed by atoms with van der Waals surface area (Å²) >= 11 is 0. The Balaban J connectivity index is 1.65. The van der Waals surface area contributed by atoms with Crippen molar-refractivity contribution in [1.29, 1.82) is 0 Å². The topological polar surface area (TPSA) is 84.5 Å². The third-order valence-corrected chi connectivity index (χ3v) is 5.36. The van der Waals surface area contributed by atoms with E-state index in [-0.39, 0.29) is 17.9 Å². The third kappa shape index (κ3) is 2.89. The lowest BCUT2D eigenvalue weighted by atomic mass is 10.1. The number of nitrogens with zero attached hydrogens (tertiary/aromatic N) is 5. The molecule has 2 aromatic heterocycles. The number of aromatic nitrogens is 3. The third-order valence-electron chi connectivity index (χ3n) is 5.36. The van der Waals surface area contributed by atoms with E-state index in [1.165, 1.54) is 0 Å². The van der Waals surface area contributed by atoms with Crippen LogP contribution in [-0.2, 0) is 17.9 Å². The Morgan fingerprint density at radius 2 is 2.19 bits per heavy atom. The number of aryl methyl sites for hydroxylation is 3. The predicted molar refractivity (Wildman–Crippen MR) is 92.3 cm³/mol. The maximum absolute atomic E-state index is 13.3. The van der Waals surface area contributed by atoms with Crippen LogP contribution in [0.15, 0.2) is 16.8 Å². The van der Waals surface area contributed by atoms with Gasteiger partial charge in [0.05, 0.1) is 24.0 Å². The number of likely N-dealkylation sites (tertiary alicyclic amines) is 1. The molecule has 0 N–H and O–H groups in total. The fourth-order valence-electron chi connectivity index (χ4n) is 3.94. The van der Waals surface area contributed by atoms with Crippen LogP contribution in [0, 0.1) is 13.8 Å². The SMILES string of the molecule is Cc1noc(C)c1C(=O)N1Cc2ccnn2CCC1CN1CCCC1=O. The van der Waals surface area contributed by atoms with Gasteiger partial charge in [0.15, 0.2) is 0 Å². The van der Waals surface area contributed by atoms with Crippen molar-refractivity contribution >= 4 is 11.8 Å². The highest BCUT2D eigenvalue weighted by atomic mass is 16.5. The largest absolute Gasteiger partial charge is 0.361 e. The summed E-state index contributed by atoms with van der Waals surface area (Å²) in [5.74, 6) is 0.616. The summed E-state index contributed by atoms with van der Waals surface area (Å²) in [4.78, 5) is 29.2. The van der Waals surface area contributed by atoms with Gasteiger partial charge in [0.1, 0.15) is 11.3 Å². The van der Waals surface area contributed by atoms with Crippen molar-refractivity contribution in [3.63, 3.8) is 0 Å². The molecule has 2 aliphatic rings. The van der Waals surface area contributed by atoms with E-state index in [4.69, 9.17) is 4.52 Å². The van der Waals surface area contributed by atoms with Crippen molar-refractivity contribution < 1.29 is 14.1 Å². The second-order valence-corrected chi connectivity index (χ2v) is 7.06. The second kappa shape index (κ2) is 6.59. The van der Waals surface area contributed by atoms with Crippen molar-refractivity contribution in [2.75, 3.05) is 13.1 Å². The van der Waals surface area contributed by atoms with Crippen molar-refractivity contribution in [1.82, 2.24) is 24.7 Å². The first-order chi connectivity index (χ1) is 12.5. The van der Waals surface area contributed by atoms with Gasteiger partial charge in [-0.05, 0) is 32.8 Å². The summed E-state index contributed by atoms with van der Waals surface area (Å²) in [5.41, 5.74) is 2.12. The lowest BCUT2D eigenvalue weighted by molar-refractivity contribution is -0.128. The Hall–Kier alpha value is -2.64. The van der Waals surface area contributed by atoms with Gasteiger partial charge in [-0.1, -0.05) is 5.16 Å². The number of rotatable bonds is 3. The standard InChI is InChI=1S/C18H23N5O3/c1-12-17(13(2)26-20-12)18(25)22-11-15-5-7-19-23(15)9-6-14(22)10-21-8-3-4-16(21)24/h5,7,14H,3-4,6,8-11H2,1-2H3. The van der Waals surface area contributed by atoms with Gasteiger partial charge in [0.25, 0.3) is 5.91 Å². The molecular weight excluding hydrogens is 334 g/mol. The molecule has 8 nitrogen and oxygen atoms in total. The highest BCUT2D eigenvalue weighted by Gasteiger charge is 2.34. The minimum absolute atomic E-state index is 0.0556. The van der Waals surface area contributed by atoms with Gasteiger partial charge in [0.2, 0.25) is 5.91 Å². The minimum Gasteiger partial charge on any atom is -0.361 e. The molecule has 1 saturated heterocycles. The molecule has 4 rings (SSSR count). The number of hydrogen-bond donors (Lipinski definition) is 0. The molecule has 1 fully saturated rings. The van der Waals surface area contributed by atoms with Crippen LogP contribution in [0.5, 0.6) is 0 Å². The minimum atomic E-state index is -0.0902. The van der Waals surface area contributed by atoms with Gasteiger partial charge in [-0.2, -0.15) is 5.10 Å². The number of hydrogen-bond acceptors (Lipinski definition) is 5.